The lowest BCUT2D eigenvalue weighted by Gasteiger charge is -2.05. The molecule has 0 aromatic heterocycles. The molecule has 2 aromatic rings. The Morgan fingerprint density at radius 3 is 2.00 bits per heavy atom. The molecule has 2 rings (SSSR count). The van der Waals surface area contributed by atoms with E-state index in [1.54, 1.807) is 12.1 Å². The molecule has 2 aromatic carbocycles. The van der Waals surface area contributed by atoms with Gasteiger partial charge in [-0.3, -0.25) is 10.1 Å². The van der Waals surface area contributed by atoms with E-state index >= 15 is 0 Å². The van der Waals surface area contributed by atoms with E-state index in [9.17, 15) is 10.1 Å². The summed E-state index contributed by atoms with van der Waals surface area (Å²) in [6.45, 7) is 4.00. The van der Waals surface area contributed by atoms with Crippen LogP contribution in [0.3, 0.4) is 0 Å². The van der Waals surface area contributed by atoms with Gasteiger partial charge in [-0.1, -0.05) is 36.9 Å². The average molecular weight is 225 g/mol. The molecular formula is C14H11NO2. The maximum absolute atomic E-state index is 10.5. The Labute approximate surface area is 99.2 Å². The number of hydrogen-bond donors (Lipinski definition) is 0. The normalized spacial score (nSPS) is 9.88. The third kappa shape index (κ3) is 2.39. The first-order chi connectivity index (χ1) is 8.18. The summed E-state index contributed by atoms with van der Waals surface area (Å²) in [7, 11) is 0. The summed E-state index contributed by atoms with van der Waals surface area (Å²) in [5, 5.41) is 10.5. The molecule has 0 N–H and O–H groups in total. The van der Waals surface area contributed by atoms with Crippen LogP contribution in [0.2, 0.25) is 0 Å². The molecule has 0 spiro atoms. The van der Waals surface area contributed by atoms with E-state index in [0.717, 1.165) is 16.7 Å². The van der Waals surface area contributed by atoms with Crippen molar-refractivity contribution in [2.24, 2.45) is 0 Å². The number of non-ortho nitro benzene ring substituents is 1. The van der Waals surface area contributed by atoms with Gasteiger partial charge < -0.3 is 0 Å². The maximum atomic E-state index is 10.5. The third-order valence-corrected chi connectivity index (χ3v) is 2.55. The molecule has 0 saturated heterocycles. The van der Waals surface area contributed by atoms with E-state index in [4.69, 9.17) is 0 Å². The molecule has 0 aliphatic rings. The molecule has 0 radical (unpaired) electrons. The van der Waals surface area contributed by atoms with Crippen LogP contribution in [-0.4, -0.2) is 4.92 Å². The first-order valence-corrected chi connectivity index (χ1v) is 5.17. The number of hydrogen-bond acceptors (Lipinski definition) is 2. The lowest BCUT2D eigenvalue weighted by molar-refractivity contribution is -0.384. The van der Waals surface area contributed by atoms with Gasteiger partial charge in [-0.15, -0.1) is 0 Å². The summed E-state index contributed by atoms with van der Waals surface area (Å²) in [4.78, 5) is 10.1. The van der Waals surface area contributed by atoms with Crippen LogP contribution in [0, 0.1) is 10.1 Å². The highest BCUT2D eigenvalue weighted by Crippen LogP contribution is 2.23. The molecule has 3 nitrogen and oxygen atoms in total. The van der Waals surface area contributed by atoms with Crippen LogP contribution in [-0.2, 0) is 0 Å². The van der Waals surface area contributed by atoms with Crippen molar-refractivity contribution in [1.29, 1.82) is 0 Å². The van der Waals surface area contributed by atoms with Crippen LogP contribution in [0.25, 0.3) is 5.57 Å². The second-order valence-corrected chi connectivity index (χ2v) is 3.65. The van der Waals surface area contributed by atoms with Crippen molar-refractivity contribution in [3.8, 4) is 0 Å². The molecule has 0 unspecified atom stereocenters. The van der Waals surface area contributed by atoms with Gasteiger partial charge in [0.15, 0.2) is 0 Å². The Morgan fingerprint density at radius 2 is 1.47 bits per heavy atom. The predicted molar refractivity (Wildman–Crippen MR) is 67.7 cm³/mol. The maximum Gasteiger partial charge on any atom is 0.269 e. The Bertz CT molecular complexity index is 544. The van der Waals surface area contributed by atoms with Crippen LogP contribution in [0.4, 0.5) is 5.69 Å². The standard InChI is InChI=1S/C14H11NO2/c1-11(12-5-3-2-4-6-12)13-7-9-14(10-8-13)15(16)17/h2-10H,1H2. The monoisotopic (exact) mass is 225 g/mol. The first-order valence-electron chi connectivity index (χ1n) is 5.17. The number of nitrogens with zero attached hydrogens (tertiary/aromatic N) is 1. The summed E-state index contributed by atoms with van der Waals surface area (Å²) in [6.07, 6.45) is 0. The van der Waals surface area contributed by atoms with Gasteiger partial charge >= 0.3 is 0 Å². The van der Waals surface area contributed by atoms with Crippen LogP contribution in [0.5, 0.6) is 0 Å². The van der Waals surface area contributed by atoms with E-state index in [-0.39, 0.29) is 5.69 Å². The zero-order valence-corrected chi connectivity index (χ0v) is 9.17. The average Bonchev–Trinajstić information content (AvgIpc) is 2.39. The van der Waals surface area contributed by atoms with Crippen molar-refractivity contribution in [1.82, 2.24) is 0 Å². The molecule has 3 heteroatoms. The van der Waals surface area contributed by atoms with E-state index in [1.807, 2.05) is 30.3 Å². The number of nitro groups is 1. The Hall–Kier alpha value is -2.42. The highest BCUT2D eigenvalue weighted by molar-refractivity contribution is 5.78. The quantitative estimate of drug-likeness (QED) is 0.591. The van der Waals surface area contributed by atoms with Gasteiger partial charge in [-0.25, -0.2) is 0 Å². The number of nitro benzene ring substituents is 1. The van der Waals surface area contributed by atoms with Crippen LogP contribution in [0.1, 0.15) is 11.1 Å². The van der Waals surface area contributed by atoms with Gasteiger partial charge in [0.1, 0.15) is 0 Å². The molecule has 0 aliphatic carbocycles. The minimum absolute atomic E-state index is 0.0922. The van der Waals surface area contributed by atoms with E-state index < -0.39 is 4.92 Å². The van der Waals surface area contributed by atoms with Gasteiger partial charge in [0, 0.05) is 12.1 Å². The fourth-order valence-electron chi connectivity index (χ4n) is 1.59. The fraction of sp³-hybridized carbons (Fsp3) is 0. The minimum atomic E-state index is -0.408. The van der Waals surface area contributed by atoms with Crippen LogP contribution < -0.4 is 0 Å². The lowest BCUT2D eigenvalue weighted by atomic mass is 10.00. The summed E-state index contributed by atoms with van der Waals surface area (Å²) in [5.74, 6) is 0. The summed E-state index contributed by atoms with van der Waals surface area (Å²) in [5.41, 5.74) is 2.86. The summed E-state index contributed by atoms with van der Waals surface area (Å²) >= 11 is 0. The molecule has 0 heterocycles. The van der Waals surface area contributed by atoms with Crippen molar-refractivity contribution in [3.63, 3.8) is 0 Å². The van der Waals surface area contributed by atoms with Gasteiger partial charge in [-0.05, 0) is 28.8 Å². The van der Waals surface area contributed by atoms with Crippen molar-refractivity contribution in [2.45, 2.75) is 0 Å². The second-order valence-electron chi connectivity index (χ2n) is 3.65. The molecule has 17 heavy (non-hydrogen) atoms. The molecule has 0 aliphatic heterocycles. The van der Waals surface area contributed by atoms with Crippen molar-refractivity contribution < 1.29 is 4.92 Å². The minimum Gasteiger partial charge on any atom is -0.258 e. The van der Waals surface area contributed by atoms with Gasteiger partial charge in [0.2, 0.25) is 0 Å². The Balaban J connectivity index is 2.30. The molecule has 0 saturated carbocycles. The van der Waals surface area contributed by atoms with Gasteiger partial charge in [0.05, 0.1) is 4.92 Å². The largest absolute Gasteiger partial charge is 0.269 e. The zero-order chi connectivity index (χ0) is 12.3. The third-order valence-electron chi connectivity index (χ3n) is 2.55. The number of benzene rings is 2. The Kier molecular flexibility index (Phi) is 3.01. The van der Waals surface area contributed by atoms with E-state index in [0.29, 0.717) is 0 Å². The molecule has 0 fully saturated rings. The summed E-state index contributed by atoms with van der Waals surface area (Å²) < 4.78 is 0. The smallest absolute Gasteiger partial charge is 0.258 e. The van der Waals surface area contributed by atoms with Crippen LogP contribution in [0.15, 0.2) is 61.2 Å². The van der Waals surface area contributed by atoms with E-state index in [1.165, 1.54) is 12.1 Å². The summed E-state index contributed by atoms with van der Waals surface area (Å²) in [6, 6.07) is 16.1. The number of rotatable bonds is 3. The lowest BCUT2D eigenvalue weighted by Crippen LogP contribution is -1.89. The van der Waals surface area contributed by atoms with Crippen LogP contribution >= 0.6 is 0 Å². The SMILES string of the molecule is C=C(c1ccccc1)c1ccc([N+](=O)[O-])cc1. The highest BCUT2D eigenvalue weighted by atomic mass is 16.6. The molecule has 84 valence electrons. The van der Waals surface area contributed by atoms with Crippen molar-refractivity contribution >= 4 is 11.3 Å². The first kappa shape index (κ1) is 11.1. The topological polar surface area (TPSA) is 43.1 Å². The van der Waals surface area contributed by atoms with E-state index in [2.05, 4.69) is 6.58 Å². The molecule has 0 amide bonds. The van der Waals surface area contributed by atoms with Crippen molar-refractivity contribution in [2.75, 3.05) is 0 Å². The second kappa shape index (κ2) is 4.61. The highest BCUT2D eigenvalue weighted by Gasteiger charge is 2.06. The predicted octanol–water partition coefficient (Wildman–Crippen LogP) is 3.66. The Morgan fingerprint density at radius 1 is 0.941 bits per heavy atom. The van der Waals surface area contributed by atoms with Gasteiger partial charge in [-0.2, -0.15) is 0 Å². The molecule has 0 bridgehead atoms. The zero-order valence-electron chi connectivity index (χ0n) is 9.17. The fourth-order valence-corrected chi connectivity index (χ4v) is 1.59. The molecular weight excluding hydrogens is 214 g/mol. The molecule has 0 atom stereocenters. The van der Waals surface area contributed by atoms with Crippen molar-refractivity contribution in [3.05, 3.63) is 82.4 Å². The van der Waals surface area contributed by atoms with Gasteiger partial charge in [0.25, 0.3) is 5.69 Å².